The molecule has 2 heterocycles. The summed E-state index contributed by atoms with van der Waals surface area (Å²) in [4.78, 5) is 2.04. The van der Waals surface area contributed by atoms with Gasteiger partial charge in [-0.3, -0.25) is 5.01 Å². The molecule has 1 aliphatic heterocycles. The van der Waals surface area contributed by atoms with Gasteiger partial charge < -0.3 is 0 Å². The van der Waals surface area contributed by atoms with Crippen LogP contribution in [-0.2, 0) is 0 Å². The number of allylic oxidation sites excluding steroid dienone is 2. The van der Waals surface area contributed by atoms with Gasteiger partial charge in [0.1, 0.15) is 5.52 Å². The van der Waals surface area contributed by atoms with Crippen molar-refractivity contribution in [2.45, 2.75) is 6.04 Å². The summed E-state index contributed by atoms with van der Waals surface area (Å²) in [5.74, 6) is 0. The smallest absolute Gasteiger partial charge is 0.107 e. The minimum absolute atomic E-state index is 0.0492. The molecule has 0 amide bonds. The van der Waals surface area contributed by atoms with E-state index in [9.17, 15) is 0 Å². The molecule has 1 atom stereocenters. The Labute approximate surface area is 207 Å². The van der Waals surface area contributed by atoms with Crippen LogP contribution in [0.15, 0.2) is 132 Å². The predicted molar refractivity (Wildman–Crippen MR) is 144 cm³/mol. The maximum Gasteiger partial charge on any atom is 0.107 e. The summed E-state index contributed by atoms with van der Waals surface area (Å²) in [5.41, 5.74) is 6.87. The van der Waals surface area contributed by atoms with Crippen LogP contribution in [0.5, 0.6) is 0 Å². The van der Waals surface area contributed by atoms with E-state index in [-0.39, 0.29) is 6.04 Å². The van der Waals surface area contributed by atoms with Gasteiger partial charge in [0, 0.05) is 9.86 Å². The minimum Gasteiger partial charge on any atom is -0.253 e. The first kappa shape index (κ1) is 20.7. The zero-order chi connectivity index (χ0) is 22.9. The van der Waals surface area contributed by atoms with Crippen molar-refractivity contribution in [1.82, 2.24) is 9.89 Å². The van der Waals surface area contributed by atoms with Gasteiger partial charge in [0.25, 0.3) is 0 Å². The first-order valence-corrected chi connectivity index (χ1v) is 12.1. The quantitative estimate of drug-likeness (QED) is 0.251. The van der Waals surface area contributed by atoms with Gasteiger partial charge in [-0.25, -0.2) is 0 Å². The van der Waals surface area contributed by atoms with E-state index < -0.39 is 0 Å². The third kappa shape index (κ3) is 3.66. The zero-order valence-electron chi connectivity index (χ0n) is 18.4. The molecule has 0 spiro atoms. The molecule has 6 rings (SSSR count). The standard InChI is InChI=1S/C30H22BrN3/c31-27-18-10-17-25-21-32-34(30(25)27)33-28(23-13-6-2-7-14-23)19-26(22-11-4-1-5-12-22)20-29(33)24-15-8-3-9-16-24/h1-21,28H. The fourth-order valence-electron chi connectivity index (χ4n) is 4.58. The third-order valence-corrected chi connectivity index (χ3v) is 6.83. The number of benzene rings is 4. The van der Waals surface area contributed by atoms with Crippen molar-refractivity contribution in [3.05, 3.63) is 149 Å². The van der Waals surface area contributed by atoms with Crippen LogP contribution >= 0.6 is 15.9 Å². The molecule has 5 aromatic rings. The topological polar surface area (TPSA) is 21.1 Å². The van der Waals surface area contributed by atoms with Crippen LogP contribution in [0.4, 0.5) is 0 Å². The summed E-state index contributed by atoms with van der Waals surface area (Å²) in [6.45, 7) is 0. The second-order valence-corrected chi connectivity index (χ2v) is 9.15. The number of rotatable bonds is 4. The zero-order valence-corrected chi connectivity index (χ0v) is 20.0. The van der Waals surface area contributed by atoms with Crippen LogP contribution < -0.4 is 5.01 Å². The number of hydrogen-bond donors (Lipinski definition) is 0. The lowest BCUT2D eigenvalue weighted by atomic mass is 9.93. The summed E-state index contributed by atoms with van der Waals surface area (Å²) in [7, 11) is 0. The Balaban J connectivity index is 1.63. The average Bonchev–Trinajstić information content (AvgIpc) is 3.35. The van der Waals surface area contributed by atoms with Gasteiger partial charge in [-0.1, -0.05) is 103 Å². The Kier molecular flexibility index (Phi) is 5.36. The molecule has 0 bridgehead atoms. The summed E-state index contributed by atoms with van der Waals surface area (Å²) < 4.78 is 1.01. The van der Waals surface area contributed by atoms with E-state index in [4.69, 9.17) is 5.10 Å². The van der Waals surface area contributed by atoms with Crippen LogP contribution in [0.1, 0.15) is 22.7 Å². The summed E-state index contributed by atoms with van der Waals surface area (Å²) >= 11 is 3.77. The van der Waals surface area contributed by atoms with Gasteiger partial charge in [-0.15, -0.1) is 0 Å². The van der Waals surface area contributed by atoms with Crippen molar-refractivity contribution in [1.29, 1.82) is 0 Å². The first-order valence-electron chi connectivity index (χ1n) is 11.3. The molecular formula is C30H22BrN3. The van der Waals surface area contributed by atoms with E-state index in [1.807, 2.05) is 17.1 Å². The Morgan fingerprint density at radius 1 is 0.676 bits per heavy atom. The van der Waals surface area contributed by atoms with Crippen LogP contribution in [0.25, 0.3) is 22.2 Å². The molecule has 0 saturated heterocycles. The number of halogens is 1. The number of para-hydroxylation sites is 1. The van der Waals surface area contributed by atoms with Crippen LogP contribution in [0.3, 0.4) is 0 Å². The molecule has 1 aliphatic rings. The number of hydrogen-bond acceptors (Lipinski definition) is 2. The third-order valence-electron chi connectivity index (χ3n) is 6.19. The van der Waals surface area contributed by atoms with Gasteiger partial charge in [0.15, 0.2) is 0 Å². The lowest BCUT2D eigenvalue weighted by Gasteiger charge is -2.37. The largest absolute Gasteiger partial charge is 0.253 e. The summed E-state index contributed by atoms with van der Waals surface area (Å²) in [5, 5.41) is 8.26. The maximum atomic E-state index is 4.87. The molecule has 0 fully saturated rings. The highest BCUT2D eigenvalue weighted by atomic mass is 79.9. The van der Waals surface area contributed by atoms with Crippen molar-refractivity contribution in [3.8, 4) is 0 Å². The molecule has 164 valence electrons. The Bertz CT molecular complexity index is 1500. The molecule has 0 radical (unpaired) electrons. The van der Waals surface area contributed by atoms with Crippen molar-refractivity contribution < 1.29 is 0 Å². The maximum absolute atomic E-state index is 4.87. The molecule has 34 heavy (non-hydrogen) atoms. The molecule has 4 heteroatoms. The van der Waals surface area contributed by atoms with Crippen molar-refractivity contribution >= 4 is 38.1 Å². The van der Waals surface area contributed by atoms with Gasteiger partial charge >= 0.3 is 0 Å². The summed E-state index contributed by atoms with van der Waals surface area (Å²) in [6, 6.07) is 37.9. The van der Waals surface area contributed by atoms with Crippen molar-refractivity contribution in [3.63, 3.8) is 0 Å². The lowest BCUT2D eigenvalue weighted by Crippen LogP contribution is -2.38. The number of aromatic nitrogens is 2. The van der Waals surface area contributed by atoms with Crippen LogP contribution in [-0.4, -0.2) is 9.89 Å². The Morgan fingerprint density at radius 3 is 2.03 bits per heavy atom. The SMILES string of the molecule is Brc1cccc2cnn(N3C(c4ccccc4)=CC(c4ccccc4)=CC3c3ccccc3)c12. The average molecular weight is 504 g/mol. The molecule has 4 aromatic carbocycles. The van der Waals surface area contributed by atoms with Crippen LogP contribution in [0.2, 0.25) is 0 Å². The normalized spacial score (nSPS) is 15.8. The van der Waals surface area contributed by atoms with E-state index in [0.29, 0.717) is 0 Å². The van der Waals surface area contributed by atoms with Crippen molar-refractivity contribution in [2.24, 2.45) is 0 Å². The molecule has 0 saturated carbocycles. The summed E-state index contributed by atoms with van der Waals surface area (Å²) in [6.07, 6.45) is 6.54. The monoisotopic (exact) mass is 503 g/mol. The van der Waals surface area contributed by atoms with Gasteiger partial charge in [0.2, 0.25) is 0 Å². The van der Waals surface area contributed by atoms with Crippen molar-refractivity contribution in [2.75, 3.05) is 5.01 Å². The second-order valence-electron chi connectivity index (χ2n) is 8.30. The number of fused-ring (bicyclic) bond motifs is 1. The van der Waals surface area contributed by atoms with Crippen LogP contribution in [0, 0.1) is 0 Å². The number of nitrogens with zero attached hydrogens (tertiary/aromatic N) is 3. The van der Waals surface area contributed by atoms with E-state index in [1.54, 1.807) is 0 Å². The minimum atomic E-state index is -0.0492. The second kappa shape index (κ2) is 8.81. The van der Waals surface area contributed by atoms with Gasteiger partial charge in [-0.05, 0) is 56.4 Å². The fourth-order valence-corrected chi connectivity index (χ4v) is 5.12. The highest BCUT2D eigenvalue weighted by Gasteiger charge is 2.30. The fraction of sp³-hybridized carbons (Fsp3) is 0.0333. The van der Waals surface area contributed by atoms with E-state index in [0.717, 1.165) is 26.6 Å². The van der Waals surface area contributed by atoms with E-state index in [2.05, 4.69) is 136 Å². The highest BCUT2D eigenvalue weighted by Crippen LogP contribution is 2.39. The molecular weight excluding hydrogens is 482 g/mol. The predicted octanol–water partition coefficient (Wildman–Crippen LogP) is 7.62. The Hall–Kier alpha value is -3.89. The molecule has 0 aliphatic carbocycles. The highest BCUT2D eigenvalue weighted by molar-refractivity contribution is 9.10. The molecule has 1 unspecified atom stereocenters. The van der Waals surface area contributed by atoms with Gasteiger partial charge in [0.05, 0.1) is 17.9 Å². The lowest BCUT2D eigenvalue weighted by molar-refractivity contribution is 0.590. The van der Waals surface area contributed by atoms with E-state index >= 15 is 0 Å². The molecule has 1 aromatic heterocycles. The molecule has 0 N–H and O–H groups in total. The van der Waals surface area contributed by atoms with E-state index in [1.165, 1.54) is 16.7 Å². The molecule has 3 nitrogen and oxygen atoms in total. The Morgan fingerprint density at radius 2 is 1.32 bits per heavy atom. The van der Waals surface area contributed by atoms with Gasteiger partial charge in [-0.2, -0.15) is 9.89 Å². The first-order chi connectivity index (χ1) is 16.8.